The number of fused-ring (bicyclic) bond motifs is 1. The Kier molecular flexibility index (Phi) is 2.78. The third-order valence-electron chi connectivity index (χ3n) is 2.01. The molecule has 1 heterocycles. The first-order valence-corrected chi connectivity index (χ1v) is 4.02. The molecule has 0 bridgehead atoms. The molecule has 2 N–H and O–H groups in total. The molecule has 0 aliphatic carbocycles. The molecule has 0 radical (unpaired) electrons. The highest BCUT2D eigenvalue weighted by atomic mass is 35.5. The molecular weight excluding hydrogens is 186 g/mol. The molecule has 13 heavy (non-hydrogen) atoms. The van der Waals surface area contributed by atoms with Crippen molar-refractivity contribution in [1.82, 2.24) is 9.55 Å². The van der Waals surface area contributed by atoms with E-state index in [2.05, 4.69) is 11.9 Å². The van der Waals surface area contributed by atoms with E-state index < -0.39 is 0 Å². The van der Waals surface area contributed by atoms with E-state index >= 15 is 0 Å². The van der Waals surface area contributed by atoms with Crippen LogP contribution in [0.15, 0.2) is 24.5 Å². The van der Waals surface area contributed by atoms with Gasteiger partial charge in [0.15, 0.2) is 0 Å². The van der Waals surface area contributed by atoms with Crippen LogP contribution < -0.4 is 5.73 Å². The molecule has 0 spiro atoms. The zero-order valence-corrected chi connectivity index (χ0v) is 8.21. The number of anilines is 1. The predicted octanol–water partition coefficient (Wildman–Crippen LogP) is 2.06. The molecule has 0 aliphatic rings. The smallest absolute Gasteiger partial charge is 0.0958 e. The summed E-state index contributed by atoms with van der Waals surface area (Å²) >= 11 is 0. The molecule has 0 amide bonds. The van der Waals surface area contributed by atoms with Crippen molar-refractivity contribution in [2.24, 2.45) is 0 Å². The van der Waals surface area contributed by atoms with Gasteiger partial charge in [-0.1, -0.05) is 6.07 Å². The highest BCUT2D eigenvalue weighted by molar-refractivity contribution is 5.87. The lowest BCUT2D eigenvalue weighted by Crippen LogP contribution is -1.95. The molecule has 2 rings (SSSR count). The minimum Gasteiger partial charge on any atom is -0.397 e. The second-order valence-electron chi connectivity index (χ2n) is 2.75. The number of aryl methyl sites for hydroxylation is 1. The van der Waals surface area contributed by atoms with Gasteiger partial charge in [0.05, 0.1) is 23.0 Å². The first kappa shape index (κ1) is 9.86. The fourth-order valence-corrected chi connectivity index (χ4v) is 1.40. The van der Waals surface area contributed by atoms with Crippen LogP contribution in [0, 0.1) is 0 Å². The van der Waals surface area contributed by atoms with Gasteiger partial charge in [0.2, 0.25) is 0 Å². The van der Waals surface area contributed by atoms with E-state index in [4.69, 9.17) is 5.73 Å². The zero-order chi connectivity index (χ0) is 8.55. The van der Waals surface area contributed by atoms with Crippen LogP contribution in [0.25, 0.3) is 11.0 Å². The second-order valence-corrected chi connectivity index (χ2v) is 2.75. The van der Waals surface area contributed by atoms with Gasteiger partial charge in [-0.3, -0.25) is 0 Å². The average molecular weight is 198 g/mol. The van der Waals surface area contributed by atoms with E-state index in [0.29, 0.717) is 0 Å². The average Bonchev–Trinajstić information content (AvgIpc) is 2.49. The zero-order valence-electron chi connectivity index (χ0n) is 7.40. The van der Waals surface area contributed by atoms with Crippen LogP contribution in [0.3, 0.4) is 0 Å². The summed E-state index contributed by atoms with van der Waals surface area (Å²) in [5.41, 5.74) is 8.63. The van der Waals surface area contributed by atoms with Crippen LogP contribution in [0.4, 0.5) is 5.69 Å². The third-order valence-corrected chi connectivity index (χ3v) is 2.01. The lowest BCUT2D eigenvalue weighted by molar-refractivity contribution is 0.788. The van der Waals surface area contributed by atoms with Gasteiger partial charge in [0, 0.05) is 6.54 Å². The largest absolute Gasteiger partial charge is 0.397 e. The Labute approximate surface area is 83.0 Å². The number of imidazole rings is 1. The number of hydrogen-bond donors (Lipinski definition) is 1. The van der Waals surface area contributed by atoms with E-state index in [1.54, 1.807) is 0 Å². The van der Waals surface area contributed by atoms with E-state index in [1.807, 2.05) is 29.1 Å². The first-order valence-electron chi connectivity index (χ1n) is 4.02. The van der Waals surface area contributed by atoms with E-state index in [0.717, 1.165) is 23.3 Å². The van der Waals surface area contributed by atoms with Crippen molar-refractivity contribution in [3.8, 4) is 0 Å². The number of nitrogens with zero attached hydrogens (tertiary/aromatic N) is 2. The van der Waals surface area contributed by atoms with Crippen LogP contribution in [0.2, 0.25) is 0 Å². The molecule has 70 valence electrons. The van der Waals surface area contributed by atoms with E-state index in [9.17, 15) is 0 Å². The van der Waals surface area contributed by atoms with Crippen molar-refractivity contribution in [2.45, 2.75) is 13.5 Å². The Morgan fingerprint density at radius 2 is 2.23 bits per heavy atom. The number of benzene rings is 1. The summed E-state index contributed by atoms with van der Waals surface area (Å²) < 4.78 is 2.05. The van der Waals surface area contributed by atoms with Crippen molar-refractivity contribution in [2.75, 3.05) is 5.73 Å². The summed E-state index contributed by atoms with van der Waals surface area (Å²) in [5.74, 6) is 0. The minimum atomic E-state index is 0. The van der Waals surface area contributed by atoms with Crippen LogP contribution in [0.5, 0.6) is 0 Å². The summed E-state index contributed by atoms with van der Waals surface area (Å²) in [6.45, 7) is 2.98. The standard InChI is InChI=1S/C9H11N3.ClH/c1-2-12-6-11-8-5-3-4-7(10)9(8)12;/h3-6H,2,10H2,1H3;1H. The van der Waals surface area contributed by atoms with Gasteiger partial charge in [-0.15, -0.1) is 12.4 Å². The maximum atomic E-state index is 5.82. The molecule has 0 unspecified atom stereocenters. The number of aromatic nitrogens is 2. The van der Waals surface area contributed by atoms with Crippen LogP contribution in [0.1, 0.15) is 6.92 Å². The number of para-hydroxylation sites is 1. The van der Waals surface area contributed by atoms with Crippen LogP contribution in [-0.2, 0) is 6.54 Å². The fraction of sp³-hybridized carbons (Fsp3) is 0.222. The van der Waals surface area contributed by atoms with Gasteiger partial charge >= 0.3 is 0 Å². The van der Waals surface area contributed by atoms with Crippen molar-refractivity contribution in [1.29, 1.82) is 0 Å². The monoisotopic (exact) mass is 197 g/mol. The fourth-order valence-electron chi connectivity index (χ4n) is 1.40. The SMILES string of the molecule is CCn1cnc2cccc(N)c21.Cl. The molecule has 1 aromatic heterocycles. The molecule has 1 aromatic carbocycles. The third kappa shape index (κ3) is 1.47. The Morgan fingerprint density at radius 3 is 2.92 bits per heavy atom. The summed E-state index contributed by atoms with van der Waals surface area (Å²) in [6, 6.07) is 5.79. The Morgan fingerprint density at radius 1 is 1.46 bits per heavy atom. The maximum absolute atomic E-state index is 5.82. The topological polar surface area (TPSA) is 43.8 Å². The molecule has 0 atom stereocenters. The van der Waals surface area contributed by atoms with E-state index in [1.165, 1.54) is 0 Å². The van der Waals surface area contributed by atoms with E-state index in [-0.39, 0.29) is 12.4 Å². The molecular formula is C9H12ClN3. The van der Waals surface area contributed by atoms with Gasteiger partial charge in [-0.2, -0.15) is 0 Å². The summed E-state index contributed by atoms with van der Waals surface area (Å²) in [6.07, 6.45) is 1.82. The van der Waals surface area contributed by atoms with Crippen LogP contribution >= 0.6 is 12.4 Å². The number of rotatable bonds is 1. The quantitative estimate of drug-likeness (QED) is 0.712. The predicted molar refractivity (Wildman–Crippen MR) is 57.1 cm³/mol. The molecule has 0 saturated carbocycles. The molecule has 0 fully saturated rings. The molecule has 0 saturated heterocycles. The van der Waals surface area contributed by atoms with Gasteiger partial charge in [-0.05, 0) is 19.1 Å². The van der Waals surface area contributed by atoms with Crippen molar-refractivity contribution in [3.05, 3.63) is 24.5 Å². The van der Waals surface area contributed by atoms with Gasteiger partial charge in [0.25, 0.3) is 0 Å². The van der Waals surface area contributed by atoms with Gasteiger partial charge < -0.3 is 10.3 Å². The first-order chi connectivity index (χ1) is 5.83. The lowest BCUT2D eigenvalue weighted by Gasteiger charge is -2.00. The lowest BCUT2D eigenvalue weighted by atomic mass is 10.3. The second kappa shape index (κ2) is 3.66. The molecule has 0 aliphatic heterocycles. The van der Waals surface area contributed by atoms with Crippen molar-refractivity contribution in [3.63, 3.8) is 0 Å². The number of nitrogen functional groups attached to an aromatic ring is 1. The normalized spacial score (nSPS) is 9.92. The molecule has 4 heteroatoms. The molecule has 3 nitrogen and oxygen atoms in total. The van der Waals surface area contributed by atoms with Crippen molar-refractivity contribution >= 4 is 29.1 Å². The summed E-state index contributed by atoms with van der Waals surface area (Å²) in [4.78, 5) is 4.23. The highest BCUT2D eigenvalue weighted by Crippen LogP contribution is 2.18. The number of halogens is 1. The number of hydrogen-bond acceptors (Lipinski definition) is 2. The van der Waals surface area contributed by atoms with Crippen LogP contribution in [-0.4, -0.2) is 9.55 Å². The summed E-state index contributed by atoms with van der Waals surface area (Å²) in [7, 11) is 0. The van der Waals surface area contributed by atoms with Gasteiger partial charge in [0.1, 0.15) is 0 Å². The minimum absolute atomic E-state index is 0. The maximum Gasteiger partial charge on any atom is 0.0958 e. The van der Waals surface area contributed by atoms with Crippen molar-refractivity contribution < 1.29 is 0 Å². The number of nitrogens with two attached hydrogens (primary N) is 1. The Balaban J connectivity index is 0.000000845. The highest BCUT2D eigenvalue weighted by Gasteiger charge is 2.02. The van der Waals surface area contributed by atoms with Gasteiger partial charge in [-0.25, -0.2) is 4.98 Å². The summed E-state index contributed by atoms with van der Waals surface area (Å²) in [5, 5.41) is 0. The molecule has 2 aromatic rings. The Bertz CT molecular complexity index is 408. The Hall–Kier alpha value is -1.22.